The van der Waals surface area contributed by atoms with Crippen LogP contribution in [-0.4, -0.2) is 23.3 Å². The number of carbonyl (C=O) groups excluding carboxylic acids is 1. The predicted molar refractivity (Wildman–Crippen MR) is 102 cm³/mol. The molecule has 2 atom stereocenters. The first-order valence-corrected chi connectivity index (χ1v) is 9.21. The van der Waals surface area contributed by atoms with Crippen molar-refractivity contribution in [1.29, 1.82) is 0 Å². The SMILES string of the molecule is CC1Oc2ccccc2OC1C(=O)OCc1cc(-c2cc3ccccc3o2)on1. The largest absolute Gasteiger partial charge is 0.482 e. The molecule has 146 valence electrons. The molecule has 2 aromatic carbocycles. The molecule has 2 aromatic heterocycles. The van der Waals surface area contributed by atoms with E-state index in [1.165, 1.54) is 0 Å². The van der Waals surface area contributed by atoms with Gasteiger partial charge in [-0.2, -0.15) is 0 Å². The monoisotopic (exact) mass is 391 g/mol. The summed E-state index contributed by atoms with van der Waals surface area (Å²) in [5, 5.41) is 4.92. The van der Waals surface area contributed by atoms with Gasteiger partial charge in [-0.25, -0.2) is 4.79 Å². The number of furan rings is 1. The Labute approximate surface area is 165 Å². The smallest absolute Gasteiger partial charge is 0.351 e. The van der Waals surface area contributed by atoms with Gasteiger partial charge in [-0.15, -0.1) is 0 Å². The molecule has 29 heavy (non-hydrogen) atoms. The molecule has 1 aliphatic rings. The first-order chi connectivity index (χ1) is 14.2. The quantitative estimate of drug-likeness (QED) is 0.478. The number of ether oxygens (including phenoxy) is 3. The van der Waals surface area contributed by atoms with Crippen LogP contribution in [0.2, 0.25) is 0 Å². The lowest BCUT2D eigenvalue weighted by molar-refractivity contribution is -0.159. The van der Waals surface area contributed by atoms with E-state index in [-0.39, 0.29) is 6.61 Å². The van der Waals surface area contributed by atoms with Gasteiger partial charge in [0.05, 0.1) is 0 Å². The van der Waals surface area contributed by atoms with Crippen LogP contribution in [-0.2, 0) is 16.1 Å². The lowest BCUT2D eigenvalue weighted by atomic mass is 10.2. The molecule has 2 unspecified atom stereocenters. The van der Waals surface area contributed by atoms with Crippen molar-refractivity contribution in [2.24, 2.45) is 0 Å². The standard InChI is InChI=1S/C22H17NO6/c1-13-21(28-18-9-5-4-8-17(18)26-13)22(24)25-12-15-11-20(29-23-15)19-10-14-6-2-3-7-16(14)27-19/h2-11,13,21H,12H2,1H3. The fraction of sp³-hybridized carbons (Fsp3) is 0.182. The Morgan fingerprint density at radius 1 is 1.00 bits per heavy atom. The Morgan fingerprint density at radius 3 is 2.59 bits per heavy atom. The van der Waals surface area contributed by atoms with Gasteiger partial charge in [0.1, 0.15) is 24.0 Å². The number of aromatic nitrogens is 1. The van der Waals surface area contributed by atoms with Crippen LogP contribution in [0, 0.1) is 0 Å². The van der Waals surface area contributed by atoms with Crippen molar-refractivity contribution in [2.75, 3.05) is 0 Å². The summed E-state index contributed by atoms with van der Waals surface area (Å²) in [6.07, 6.45) is -1.33. The van der Waals surface area contributed by atoms with E-state index in [1.807, 2.05) is 42.5 Å². The second kappa shape index (κ2) is 7.01. The Bertz CT molecular complexity index is 1140. The van der Waals surface area contributed by atoms with Crippen LogP contribution in [0.4, 0.5) is 0 Å². The van der Waals surface area contributed by atoms with E-state index < -0.39 is 18.2 Å². The lowest BCUT2D eigenvalue weighted by Gasteiger charge is -2.30. The highest BCUT2D eigenvalue weighted by Crippen LogP contribution is 2.34. The van der Waals surface area contributed by atoms with Gasteiger partial charge >= 0.3 is 5.97 Å². The highest BCUT2D eigenvalue weighted by atomic mass is 16.6. The molecule has 7 nitrogen and oxygen atoms in total. The molecule has 0 N–H and O–H groups in total. The van der Waals surface area contributed by atoms with Gasteiger partial charge in [-0.3, -0.25) is 0 Å². The molecule has 0 saturated heterocycles. The van der Waals surface area contributed by atoms with Crippen LogP contribution in [0.1, 0.15) is 12.6 Å². The van der Waals surface area contributed by atoms with E-state index in [9.17, 15) is 4.79 Å². The molecule has 7 heteroatoms. The average molecular weight is 391 g/mol. The summed E-state index contributed by atoms with van der Waals surface area (Å²) in [6, 6.07) is 18.4. The second-order valence-electron chi connectivity index (χ2n) is 6.75. The van der Waals surface area contributed by atoms with Crippen LogP contribution in [0.5, 0.6) is 11.5 Å². The van der Waals surface area contributed by atoms with Crippen molar-refractivity contribution in [3.63, 3.8) is 0 Å². The van der Waals surface area contributed by atoms with Crippen LogP contribution >= 0.6 is 0 Å². The molecular weight excluding hydrogens is 374 g/mol. The number of carbonyl (C=O) groups is 1. The molecule has 0 radical (unpaired) electrons. The topological polar surface area (TPSA) is 83.9 Å². The van der Waals surface area contributed by atoms with Gasteiger partial charge in [-0.05, 0) is 31.2 Å². The van der Waals surface area contributed by atoms with Crippen molar-refractivity contribution in [1.82, 2.24) is 5.16 Å². The van der Waals surface area contributed by atoms with Crippen molar-refractivity contribution < 1.29 is 27.9 Å². The molecule has 0 bridgehead atoms. The van der Waals surface area contributed by atoms with Gasteiger partial charge < -0.3 is 23.2 Å². The third-order valence-corrected chi connectivity index (χ3v) is 4.66. The summed E-state index contributed by atoms with van der Waals surface area (Å²) in [7, 11) is 0. The zero-order valence-electron chi connectivity index (χ0n) is 15.5. The van der Waals surface area contributed by atoms with Gasteiger partial charge in [0, 0.05) is 11.5 Å². The first kappa shape index (κ1) is 17.4. The summed E-state index contributed by atoms with van der Waals surface area (Å²) >= 11 is 0. The zero-order chi connectivity index (χ0) is 19.8. The number of para-hydroxylation sites is 3. The van der Waals surface area contributed by atoms with Crippen LogP contribution in [0.3, 0.4) is 0 Å². The van der Waals surface area contributed by atoms with Crippen LogP contribution in [0.15, 0.2) is 69.6 Å². The predicted octanol–water partition coefficient (Wildman–Crippen LogP) is 4.36. The van der Waals surface area contributed by atoms with Gasteiger partial charge in [-0.1, -0.05) is 35.5 Å². The van der Waals surface area contributed by atoms with Crippen molar-refractivity contribution in [3.05, 3.63) is 66.4 Å². The number of nitrogens with zero attached hydrogens (tertiary/aromatic N) is 1. The summed E-state index contributed by atoms with van der Waals surface area (Å²) in [6.45, 7) is 1.72. The summed E-state index contributed by atoms with van der Waals surface area (Å²) in [5.74, 6) is 1.62. The highest BCUT2D eigenvalue weighted by molar-refractivity contribution is 5.81. The molecular formula is C22H17NO6. The Kier molecular flexibility index (Phi) is 4.20. The molecule has 5 rings (SSSR count). The normalized spacial score (nSPS) is 18.0. The van der Waals surface area contributed by atoms with Crippen molar-refractivity contribution in [3.8, 4) is 23.0 Å². The lowest BCUT2D eigenvalue weighted by Crippen LogP contribution is -2.44. The first-order valence-electron chi connectivity index (χ1n) is 9.21. The molecule has 0 saturated carbocycles. The molecule has 0 spiro atoms. The van der Waals surface area contributed by atoms with Crippen LogP contribution in [0.25, 0.3) is 22.5 Å². The Balaban J connectivity index is 1.25. The number of hydrogen-bond acceptors (Lipinski definition) is 7. The Morgan fingerprint density at radius 2 is 1.76 bits per heavy atom. The zero-order valence-corrected chi connectivity index (χ0v) is 15.5. The number of fused-ring (bicyclic) bond motifs is 2. The molecule has 3 heterocycles. The summed E-state index contributed by atoms with van der Waals surface area (Å²) in [4.78, 5) is 12.5. The number of esters is 1. The molecule has 1 aliphatic heterocycles. The van der Waals surface area contributed by atoms with Gasteiger partial charge in [0.15, 0.2) is 17.3 Å². The fourth-order valence-electron chi connectivity index (χ4n) is 3.21. The van der Waals surface area contributed by atoms with Crippen LogP contribution < -0.4 is 9.47 Å². The van der Waals surface area contributed by atoms with Gasteiger partial charge in [0.2, 0.25) is 11.9 Å². The highest BCUT2D eigenvalue weighted by Gasteiger charge is 2.35. The maximum atomic E-state index is 12.5. The maximum absolute atomic E-state index is 12.5. The molecule has 0 fully saturated rings. The molecule has 0 amide bonds. The average Bonchev–Trinajstić information content (AvgIpc) is 3.38. The summed E-state index contributed by atoms with van der Waals surface area (Å²) in [5.41, 5.74) is 1.23. The van der Waals surface area contributed by atoms with E-state index >= 15 is 0 Å². The minimum Gasteiger partial charge on any atom is -0.482 e. The molecule has 0 aliphatic carbocycles. The second-order valence-corrected chi connectivity index (χ2v) is 6.75. The third kappa shape index (κ3) is 3.31. The number of hydrogen-bond donors (Lipinski definition) is 0. The number of benzene rings is 2. The third-order valence-electron chi connectivity index (χ3n) is 4.66. The van der Waals surface area contributed by atoms with E-state index in [1.54, 1.807) is 25.1 Å². The maximum Gasteiger partial charge on any atom is 0.351 e. The summed E-state index contributed by atoms with van der Waals surface area (Å²) < 4.78 is 27.9. The van der Waals surface area contributed by atoms with E-state index in [0.29, 0.717) is 28.7 Å². The van der Waals surface area contributed by atoms with Crippen molar-refractivity contribution >= 4 is 16.9 Å². The minimum absolute atomic E-state index is 0.0449. The molecule has 4 aromatic rings. The van der Waals surface area contributed by atoms with Gasteiger partial charge in [0.25, 0.3) is 0 Å². The van der Waals surface area contributed by atoms with E-state index in [2.05, 4.69) is 5.16 Å². The minimum atomic E-state index is -0.855. The Hall–Kier alpha value is -3.74. The fourth-order valence-corrected chi connectivity index (χ4v) is 3.21. The van der Waals surface area contributed by atoms with E-state index in [4.69, 9.17) is 23.2 Å². The van der Waals surface area contributed by atoms with Crippen molar-refractivity contribution in [2.45, 2.75) is 25.7 Å². The number of rotatable bonds is 4. The van der Waals surface area contributed by atoms with E-state index in [0.717, 1.165) is 11.0 Å².